The van der Waals surface area contributed by atoms with Crippen molar-refractivity contribution < 1.29 is 9.53 Å². The minimum atomic E-state index is -0.417. The van der Waals surface area contributed by atoms with Crippen molar-refractivity contribution >= 4 is 28.6 Å². The third-order valence-corrected chi connectivity index (χ3v) is 2.05. The van der Waals surface area contributed by atoms with Gasteiger partial charge in [-0.3, -0.25) is 4.98 Å². The van der Waals surface area contributed by atoms with E-state index in [2.05, 4.69) is 14.7 Å². The number of hydrogen-bond acceptors (Lipinski definition) is 3. The molecule has 0 aliphatic heterocycles. The van der Waals surface area contributed by atoms with Gasteiger partial charge in [-0.05, 0) is 12.1 Å². The number of carbonyl (C=O) groups is 1. The van der Waals surface area contributed by atoms with Gasteiger partial charge in [0.25, 0.3) is 0 Å². The van der Waals surface area contributed by atoms with Crippen LogP contribution in [0.4, 0.5) is 0 Å². The summed E-state index contributed by atoms with van der Waals surface area (Å²) in [5.74, 6) is -0.417. The van der Waals surface area contributed by atoms with Gasteiger partial charge >= 0.3 is 5.97 Å². The number of nitrogens with zero attached hydrogens (tertiary/aromatic N) is 1. The molecular weight excluding hydrogens is 204 g/mol. The van der Waals surface area contributed by atoms with E-state index in [-0.39, 0.29) is 0 Å². The monoisotopic (exact) mass is 210 g/mol. The minimum absolute atomic E-state index is 0.372. The second-order valence-electron chi connectivity index (χ2n) is 2.76. The molecule has 72 valence electrons. The van der Waals surface area contributed by atoms with E-state index in [0.717, 1.165) is 5.52 Å². The van der Waals surface area contributed by atoms with Crippen LogP contribution < -0.4 is 0 Å². The predicted molar refractivity (Wildman–Crippen MR) is 52.4 cm³/mol. The third-order valence-electron chi connectivity index (χ3n) is 1.84. The average molecular weight is 211 g/mol. The summed E-state index contributed by atoms with van der Waals surface area (Å²) in [7, 11) is 1.33. The van der Waals surface area contributed by atoms with Crippen LogP contribution in [0.15, 0.2) is 18.3 Å². The largest absolute Gasteiger partial charge is 0.464 e. The maximum atomic E-state index is 11.2. The number of pyridine rings is 1. The molecule has 0 fully saturated rings. The van der Waals surface area contributed by atoms with Gasteiger partial charge in [0.2, 0.25) is 0 Å². The third kappa shape index (κ3) is 1.44. The molecule has 0 spiro atoms. The van der Waals surface area contributed by atoms with Gasteiger partial charge in [0, 0.05) is 6.20 Å². The van der Waals surface area contributed by atoms with E-state index in [1.165, 1.54) is 13.3 Å². The maximum absolute atomic E-state index is 11.2. The molecule has 0 saturated heterocycles. The zero-order valence-corrected chi connectivity index (χ0v) is 8.13. The smallest absolute Gasteiger partial charge is 0.354 e. The fourth-order valence-corrected chi connectivity index (χ4v) is 1.36. The van der Waals surface area contributed by atoms with Crippen LogP contribution in [-0.2, 0) is 4.74 Å². The van der Waals surface area contributed by atoms with Gasteiger partial charge in [-0.2, -0.15) is 0 Å². The number of aromatic amines is 1. The topological polar surface area (TPSA) is 55.0 Å². The molecule has 4 nitrogen and oxygen atoms in total. The summed E-state index contributed by atoms with van der Waals surface area (Å²) in [4.78, 5) is 18.1. The van der Waals surface area contributed by atoms with Gasteiger partial charge in [0.1, 0.15) is 5.69 Å². The summed E-state index contributed by atoms with van der Waals surface area (Å²) in [5.41, 5.74) is 1.78. The van der Waals surface area contributed by atoms with E-state index in [1.54, 1.807) is 12.1 Å². The molecule has 2 heterocycles. The Morgan fingerprint density at radius 2 is 2.36 bits per heavy atom. The molecule has 2 aromatic rings. The average Bonchev–Trinajstić information content (AvgIpc) is 2.59. The number of hydrogen-bond donors (Lipinski definition) is 1. The van der Waals surface area contributed by atoms with Crippen molar-refractivity contribution in [1.29, 1.82) is 0 Å². The van der Waals surface area contributed by atoms with E-state index >= 15 is 0 Å². The highest BCUT2D eigenvalue weighted by molar-refractivity contribution is 6.31. The first-order valence-corrected chi connectivity index (χ1v) is 4.31. The van der Waals surface area contributed by atoms with Crippen molar-refractivity contribution in [2.24, 2.45) is 0 Å². The predicted octanol–water partition coefficient (Wildman–Crippen LogP) is 2.00. The number of nitrogens with one attached hydrogen (secondary N) is 1. The molecular formula is C9H7ClN2O2. The number of carbonyl (C=O) groups excluding carboxylic acids is 1. The molecule has 2 aromatic heterocycles. The molecule has 0 saturated carbocycles. The number of methoxy groups -OCH3 is 1. The van der Waals surface area contributed by atoms with Gasteiger partial charge in [-0.25, -0.2) is 4.79 Å². The number of fused-ring (bicyclic) bond motifs is 1. The van der Waals surface area contributed by atoms with Crippen molar-refractivity contribution in [2.75, 3.05) is 7.11 Å². The number of halogens is 1. The molecule has 0 atom stereocenters. The number of esters is 1. The minimum Gasteiger partial charge on any atom is -0.464 e. The fourth-order valence-electron chi connectivity index (χ4n) is 1.20. The normalized spacial score (nSPS) is 10.4. The van der Waals surface area contributed by atoms with Crippen LogP contribution in [0.2, 0.25) is 5.02 Å². The lowest BCUT2D eigenvalue weighted by Gasteiger charge is -1.92. The molecule has 0 aliphatic rings. The maximum Gasteiger partial charge on any atom is 0.354 e. The number of ether oxygens (including phenoxy) is 1. The highest BCUT2D eigenvalue weighted by Crippen LogP contribution is 2.17. The Kier molecular flexibility index (Phi) is 2.13. The van der Waals surface area contributed by atoms with Crippen molar-refractivity contribution in [1.82, 2.24) is 9.97 Å². The number of aromatic nitrogens is 2. The number of H-pyrrole nitrogens is 1. The summed E-state index contributed by atoms with van der Waals surface area (Å²) in [6, 6.07) is 3.33. The lowest BCUT2D eigenvalue weighted by atomic mass is 10.4. The van der Waals surface area contributed by atoms with Crippen LogP contribution >= 0.6 is 11.6 Å². The summed E-state index contributed by atoms with van der Waals surface area (Å²) < 4.78 is 4.57. The highest BCUT2D eigenvalue weighted by atomic mass is 35.5. The summed E-state index contributed by atoms with van der Waals surface area (Å²) in [6.07, 6.45) is 1.53. The van der Waals surface area contributed by atoms with Gasteiger partial charge in [0.05, 0.1) is 23.2 Å². The zero-order valence-electron chi connectivity index (χ0n) is 7.37. The van der Waals surface area contributed by atoms with E-state index < -0.39 is 5.97 Å². The van der Waals surface area contributed by atoms with E-state index in [1.807, 2.05) is 0 Å². The Hall–Kier alpha value is -1.55. The summed E-state index contributed by atoms with van der Waals surface area (Å²) >= 11 is 5.74. The summed E-state index contributed by atoms with van der Waals surface area (Å²) in [6.45, 7) is 0. The van der Waals surface area contributed by atoms with E-state index in [4.69, 9.17) is 11.6 Å². The molecule has 5 heteroatoms. The van der Waals surface area contributed by atoms with Crippen molar-refractivity contribution in [3.63, 3.8) is 0 Å². The van der Waals surface area contributed by atoms with Crippen LogP contribution in [0.25, 0.3) is 11.0 Å². The van der Waals surface area contributed by atoms with Crippen molar-refractivity contribution in [3.05, 3.63) is 29.0 Å². The lowest BCUT2D eigenvalue weighted by molar-refractivity contribution is 0.0595. The van der Waals surface area contributed by atoms with Crippen LogP contribution in [-0.4, -0.2) is 23.0 Å². The van der Waals surface area contributed by atoms with Crippen LogP contribution in [0.1, 0.15) is 10.5 Å². The van der Waals surface area contributed by atoms with Crippen molar-refractivity contribution in [3.8, 4) is 0 Å². The number of rotatable bonds is 1. The SMILES string of the molecule is COC(=O)c1cc2ncc(Cl)cc2[nH]1. The zero-order chi connectivity index (χ0) is 10.1. The van der Waals surface area contributed by atoms with E-state index in [0.29, 0.717) is 16.2 Å². The Morgan fingerprint density at radius 3 is 3.07 bits per heavy atom. The molecule has 14 heavy (non-hydrogen) atoms. The Labute approximate surface area is 84.9 Å². The van der Waals surface area contributed by atoms with Gasteiger partial charge in [-0.1, -0.05) is 11.6 Å². The van der Waals surface area contributed by atoms with Crippen LogP contribution in [0.3, 0.4) is 0 Å². The van der Waals surface area contributed by atoms with Crippen LogP contribution in [0.5, 0.6) is 0 Å². The van der Waals surface area contributed by atoms with Gasteiger partial charge in [-0.15, -0.1) is 0 Å². The Bertz CT molecular complexity index is 493. The second-order valence-corrected chi connectivity index (χ2v) is 3.20. The quantitative estimate of drug-likeness (QED) is 0.733. The lowest BCUT2D eigenvalue weighted by Crippen LogP contribution is -2.00. The van der Waals surface area contributed by atoms with Crippen LogP contribution in [0, 0.1) is 0 Å². The first-order valence-electron chi connectivity index (χ1n) is 3.93. The standard InChI is InChI=1S/C9H7ClN2O2/c1-14-9(13)8-3-6-7(12-8)2-5(10)4-11-6/h2-4,12H,1H3. The molecule has 2 rings (SSSR count). The Balaban J connectivity index is 2.56. The first-order chi connectivity index (χ1) is 6.70. The first kappa shape index (κ1) is 9.02. The molecule has 0 aliphatic carbocycles. The molecule has 1 N–H and O–H groups in total. The molecule has 0 amide bonds. The molecule has 0 unspecified atom stereocenters. The second kappa shape index (κ2) is 3.31. The molecule has 0 bridgehead atoms. The fraction of sp³-hybridized carbons (Fsp3) is 0.111. The Morgan fingerprint density at radius 1 is 1.57 bits per heavy atom. The van der Waals surface area contributed by atoms with Gasteiger partial charge in [0.15, 0.2) is 0 Å². The molecule has 0 radical (unpaired) electrons. The molecule has 0 aromatic carbocycles. The van der Waals surface area contributed by atoms with Crippen molar-refractivity contribution in [2.45, 2.75) is 0 Å². The summed E-state index contributed by atoms with van der Waals surface area (Å²) in [5, 5.41) is 0.524. The van der Waals surface area contributed by atoms with E-state index in [9.17, 15) is 4.79 Å². The van der Waals surface area contributed by atoms with Gasteiger partial charge < -0.3 is 9.72 Å². The highest BCUT2D eigenvalue weighted by Gasteiger charge is 2.09.